The van der Waals surface area contributed by atoms with Crippen LogP contribution in [0.1, 0.15) is 11.1 Å². The van der Waals surface area contributed by atoms with Gasteiger partial charge in [0.05, 0.1) is 10.0 Å². The van der Waals surface area contributed by atoms with E-state index >= 15 is 0 Å². The smallest absolute Gasteiger partial charge is 0.141 e. The highest BCUT2D eigenvalue weighted by atomic mass is 35.5. The Labute approximate surface area is 80.3 Å². The molecule has 0 fully saturated rings. The van der Waals surface area contributed by atoms with Gasteiger partial charge in [0, 0.05) is 12.8 Å². The van der Waals surface area contributed by atoms with Gasteiger partial charge in [0.25, 0.3) is 0 Å². The third-order valence-corrected chi connectivity index (χ3v) is 2.90. The lowest BCUT2D eigenvalue weighted by atomic mass is 10.1. The molecule has 62 valence electrons. The maximum absolute atomic E-state index is 11.1. The minimum Gasteiger partial charge on any atom is -0.299 e. The molecule has 0 bridgehead atoms. The van der Waals surface area contributed by atoms with Gasteiger partial charge in [-0.3, -0.25) is 4.79 Å². The van der Waals surface area contributed by atoms with Crippen molar-refractivity contribution in [3.8, 4) is 0 Å². The molecule has 1 aromatic carbocycles. The maximum atomic E-state index is 11.1. The number of rotatable bonds is 0. The Hall–Kier alpha value is -0.530. The number of benzene rings is 1. The van der Waals surface area contributed by atoms with Crippen LogP contribution in [-0.4, -0.2) is 5.78 Å². The first-order valence-corrected chi connectivity index (χ1v) is 4.41. The van der Waals surface area contributed by atoms with Crippen LogP contribution in [0.15, 0.2) is 12.1 Å². The fourth-order valence-electron chi connectivity index (χ4n) is 1.46. The second kappa shape index (κ2) is 2.75. The van der Waals surface area contributed by atoms with Crippen molar-refractivity contribution in [3.63, 3.8) is 0 Å². The number of hydrogen-bond donors (Lipinski definition) is 0. The van der Waals surface area contributed by atoms with Gasteiger partial charge in [0.2, 0.25) is 0 Å². The third-order valence-electron chi connectivity index (χ3n) is 2.05. The van der Waals surface area contributed by atoms with Crippen LogP contribution in [0, 0.1) is 0 Å². The predicted octanol–water partition coefficient (Wildman–Crippen LogP) is 2.66. The quantitative estimate of drug-likeness (QED) is 0.630. The van der Waals surface area contributed by atoms with Crippen LogP contribution in [0.4, 0.5) is 0 Å². The van der Waals surface area contributed by atoms with E-state index in [-0.39, 0.29) is 5.78 Å². The zero-order valence-electron chi connectivity index (χ0n) is 6.23. The summed E-state index contributed by atoms with van der Waals surface area (Å²) in [5.41, 5.74) is 1.93. The highest BCUT2D eigenvalue weighted by Gasteiger charge is 2.21. The van der Waals surface area contributed by atoms with Gasteiger partial charge in [-0.2, -0.15) is 0 Å². The Balaban J connectivity index is 2.61. The summed E-state index contributed by atoms with van der Waals surface area (Å²) >= 11 is 11.7. The molecule has 0 spiro atoms. The first-order valence-electron chi connectivity index (χ1n) is 3.66. The van der Waals surface area contributed by atoms with Crippen molar-refractivity contribution >= 4 is 29.0 Å². The Morgan fingerprint density at radius 3 is 2.67 bits per heavy atom. The van der Waals surface area contributed by atoms with Crippen LogP contribution >= 0.6 is 23.2 Å². The van der Waals surface area contributed by atoms with Crippen molar-refractivity contribution in [1.29, 1.82) is 0 Å². The Morgan fingerprint density at radius 2 is 1.92 bits per heavy atom. The topological polar surface area (TPSA) is 17.1 Å². The molecule has 12 heavy (non-hydrogen) atoms. The maximum Gasteiger partial charge on any atom is 0.141 e. The monoisotopic (exact) mass is 200 g/mol. The minimum absolute atomic E-state index is 0.217. The van der Waals surface area contributed by atoms with Crippen molar-refractivity contribution < 1.29 is 4.79 Å². The molecule has 0 unspecified atom stereocenters. The van der Waals surface area contributed by atoms with Crippen LogP contribution in [0.5, 0.6) is 0 Å². The molecule has 0 saturated heterocycles. The molecular weight excluding hydrogens is 195 g/mol. The molecule has 1 aliphatic carbocycles. The summed E-state index contributed by atoms with van der Waals surface area (Å²) in [6.45, 7) is 0. The van der Waals surface area contributed by atoms with Crippen LogP contribution in [0.3, 0.4) is 0 Å². The van der Waals surface area contributed by atoms with E-state index < -0.39 is 0 Å². The number of halogens is 2. The predicted molar refractivity (Wildman–Crippen MR) is 48.9 cm³/mol. The van der Waals surface area contributed by atoms with E-state index in [4.69, 9.17) is 23.2 Å². The van der Waals surface area contributed by atoms with Gasteiger partial charge in [-0.05, 0) is 17.2 Å². The molecule has 0 heterocycles. The lowest BCUT2D eigenvalue weighted by molar-refractivity contribution is -0.117. The summed E-state index contributed by atoms with van der Waals surface area (Å²) in [5.74, 6) is 0.217. The Morgan fingerprint density at radius 1 is 1.17 bits per heavy atom. The number of carbonyl (C=O) groups is 1. The zero-order chi connectivity index (χ0) is 8.72. The molecule has 1 aliphatic rings. The summed E-state index contributed by atoms with van der Waals surface area (Å²) in [4.78, 5) is 11.1. The molecule has 0 N–H and O–H groups in total. The van der Waals surface area contributed by atoms with Crippen LogP contribution < -0.4 is 0 Å². The van der Waals surface area contributed by atoms with Gasteiger partial charge in [-0.25, -0.2) is 0 Å². The average Bonchev–Trinajstić information content (AvgIpc) is 2.39. The van der Waals surface area contributed by atoms with Crippen molar-refractivity contribution in [3.05, 3.63) is 33.3 Å². The Kier molecular flexibility index (Phi) is 1.85. The molecule has 0 atom stereocenters. The number of carbonyl (C=O) groups excluding carboxylic acids is 1. The van der Waals surface area contributed by atoms with E-state index in [0.717, 1.165) is 11.1 Å². The molecule has 1 nitrogen and oxygen atoms in total. The van der Waals surface area contributed by atoms with E-state index in [1.807, 2.05) is 6.07 Å². The molecule has 1 aromatic rings. The largest absolute Gasteiger partial charge is 0.299 e. The second-order valence-corrected chi connectivity index (χ2v) is 3.68. The number of Topliss-reactive ketones (excluding diaryl/α,β-unsaturated/α-hetero) is 1. The lowest BCUT2D eigenvalue weighted by Crippen LogP contribution is -1.92. The first-order chi connectivity index (χ1) is 5.68. The number of hydrogen-bond acceptors (Lipinski definition) is 1. The standard InChI is InChI=1S/C9H6Cl2O/c10-8-2-1-5-3-6(12)4-7(5)9(8)11/h1-2H,3-4H2. The molecule has 2 rings (SSSR count). The fraction of sp³-hybridized carbons (Fsp3) is 0.222. The van der Waals surface area contributed by atoms with Crippen molar-refractivity contribution in [2.45, 2.75) is 12.8 Å². The van der Waals surface area contributed by atoms with Gasteiger partial charge < -0.3 is 0 Å². The van der Waals surface area contributed by atoms with Crippen molar-refractivity contribution in [1.82, 2.24) is 0 Å². The van der Waals surface area contributed by atoms with E-state index in [2.05, 4.69) is 0 Å². The zero-order valence-corrected chi connectivity index (χ0v) is 7.74. The third kappa shape index (κ3) is 1.13. The molecule has 0 radical (unpaired) electrons. The van der Waals surface area contributed by atoms with Gasteiger partial charge in [0.1, 0.15) is 5.78 Å². The molecule has 0 amide bonds. The molecule has 0 saturated carbocycles. The van der Waals surface area contributed by atoms with Crippen LogP contribution in [0.25, 0.3) is 0 Å². The van der Waals surface area contributed by atoms with Crippen LogP contribution in [0.2, 0.25) is 10.0 Å². The summed E-state index contributed by atoms with van der Waals surface area (Å²) in [7, 11) is 0. The number of fused-ring (bicyclic) bond motifs is 1. The van der Waals surface area contributed by atoms with Gasteiger partial charge >= 0.3 is 0 Å². The first kappa shape index (κ1) is 8.09. The van der Waals surface area contributed by atoms with Crippen molar-refractivity contribution in [2.75, 3.05) is 0 Å². The van der Waals surface area contributed by atoms with Gasteiger partial charge in [0.15, 0.2) is 0 Å². The molecular formula is C9H6Cl2O. The summed E-state index contributed by atoms with van der Waals surface area (Å²) in [6.07, 6.45) is 0.945. The van der Waals surface area contributed by atoms with Gasteiger partial charge in [-0.15, -0.1) is 0 Å². The summed E-state index contributed by atoms with van der Waals surface area (Å²) in [5, 5.41) is 1.07. The molecule has 3 heteroatoms. The van der Waals surface area contributed by atoms with Gasteiger partial charge in [-0.1, -0.05) is 29.3 Å². The second-order valence-electron chi connectivity index (χ2n) is 2.89. The normalized spacial score (nSPS) is 15.0. The molecule has 0 aliphatic heterocycles. The highest BCUT2D eigenvalue weighted by Crippen LogP contribution is 2.32. The van der Waals surface area contributed by atoms with E-state index in [0.29, 0.717) is 22.9 Å². The summed E-state index contributed by atoms with van der Waals surface area (Å²) < 4.78 is 0. The minimum atomic E-state index is 0.217. The number of ketones is 1. The van der Waals surface area contributed by atoms with E-state index in [1.54, 1.807) is 6.07 Å². The lowest BCUT2D eigenvalue weighted by Gasteiger charge is -2.01. The van der Waals surface area contributed by atoms with Crippen LogP contribution in [-0.2, 0) is 17.6 Å². The summed E-state index contributed by atoms with van der Waals surface area (Å²) in [6, 6.07) is 3.61. The van der Waals surface area contributed by atoms with E-state index in [9.17, 15) is 4.79 Å². The SMILES string of the molecule is O=C1Cc2ccc(Cl)c(Cl)c2C1. The fourth-order valence-corrected chi connectivity index (χ4v) is 1.89. The average molecular weight is 201 g/mol. The molecule has 0 aromatic heterocycles. The van der Waals surface area contributed by atoms with Crippen molar-refractivity contribution in [2.24, 2.45) is 0 Å². The van der Waals surface area contributed by atoms with E-state index in [1.165, 1.54) is 0 Å². The Bertz CT molecular complexity index is 358. The highest BCUT2D eigenvalue weighted by molar-refractivity contribution is 6.42.